The second-order valence-electron chi connectivity index (χ2n) is 4.75. The minimum absolute atomic E-state index is 0. The van der Waals surface area contributed by atoms with E-state index in [1.807, 2.05) is 19.0 Å². The van der Waals surface area contributed by atoms with Gasteiger partial charge in [-0.3, -0.25) is 9.59 Å². The number of alkyl halides is 1. The second-order valence-corrected chi connectivity index (χ2v) is 6.12. The summed E-state index contributed by atoms with van der Waals surface area (Å²) in [5, 5.41) is 5.57. The fourth-order valence-electron chi connectivity index (χ4n) is 1.47. The molecule has 5 nitrogen and oxygen atoms in total. The van der Waals surface area contributed by atoms with Gasteiger partial charge in [-0.2, -0.15) is 0 Å². The van der Waals surface area contributed by atoms with Gasteiger partial charge in [0, 0.05) is 24.3 Å². The van der Waals surface area contributed by atoms with Gasteiger partial charge in [0.1, 0.15) is 0 Å². The smallest absolute Gasteiger partial charge is 0.251 e. The van der Waals surface area contributed by atoms with E-state index in [4.69, 9.17) is 0 Å². The fraction of sp³-hybridized carbons (Fsp3) is 0.429. The van der Waals surface area contributed by atoms with Crippen LogP contribution in [0.25, 0.3) is 0 Å². The van der Waals surface area contributed by atoms with E-state index in [2.05, 4.69) is 26.6 Å². The number of likely N-dealkylation sites (N-methyl/N-ethyl adjacent to an activating group) is 1. The summed E-state index contributed by atoms with van der Waals surface area (Å²) in [7, 11) is 3.90. The standard InChI is InChI=1S/C14H20BrN3O2.ClH/c1-10(15)13(19)17-12-6-4-5-11(9-12)14(20)16-7-8-18(2)3;/h4-6,9-10H,7-8H2,1-3H3,(H,16,20)(H,17,19);1H. The predicted octanol–water partition coefficient (Wildman–Crippen LogP) is 2.12. The van der Waals surface area contributed by atoms with Crippen LogP contribution in [0.3, 0.4) is 0 Å². The molecule has 0 aliphatic rings. The Hall–Kier alpha value is -1.11. The number of benzene rings is 1. The van der Waals surface area contributed by atoms with E-state index < -0.39 is 0 Å². The van der Waals surface area contributed by atoms with E-state index in [-0.39, 0.29) is 29.0 Å². The highest BCUT2D eigenvalue weighted by Gasteiger charge is 2.10. The van der Waals surface area contributed by atoms with Crippen LogP contribution in [0.15, 0.2) is 24.3 Å². The third-order valence-electron chi connectivity index (χ3n) is 2.60. The second kappa shape index (κ2) is 9.76. The molecule has 1 rings (SSSR count). The molecule has 118 valence electrons. The van der Waals surface area contributed by atoms with E-state index >= 15 is 0 Å². The number of hydrogen-bond acceptors (Lipinski definition) is 3. The molecule has 0 aromatic heterocycles. The maximum Gasteiger partial charge on any atom is 0.251 e. The molecule has 7 heteroatoms. The van der Waals surface area contributed by atoms with Gasteiger partial charge in [-0.15, -0.1) is 12.4 Å². The summed E-state index contributed by atoms with van der Waals surface area (Å²) >= 11 is 3.20. The first-order valence-electron chi connectivity index (χ1n) is 6.38. The Morgan fingerprint density at radius 1 is 1.33 bits per heavy atom. The van der Waals surface area contributed by atoms with Gasteiger partial charge in [0.2, 0.25) is 5.91 Å². The summed E-state index contributed by atoms with van der Waals surface area (Å²) < 4.78 is 0. The number of nitrogens with zero attached hydrogens (tertiary/aromatic N) is 1. The summed E-state index contributed by atoms with van der Waals surface area (Å²) in [4.78, 5) is 25.2. The van der Waals surface area contributed by atoms with Crippen LogP contribution >= 0.6 is 28.3 Å². The van der Waals surface area contributed by atoms with Gasteiger partial charge >= 0.3 is 0 Å². The third-order valence-corrected chi connectivity index (χ3v) is 3.01. The van der Waals surface area contributed by atoms with Crippen LogP contribution < -0.4 is 10.6 Å². The largest absolute Gasteiger partial charge is 0.351 e. The van der Waals surface area contributed by atoms with Crippen molar-refractivity contribution < 1.29 is 9.59 Å². The molecule has 1 aromatic rings. The van der Waals surface area contributed by atoms with Crippen molar-refractivity contribution in [3.63, 3.8) is 0 Å². The molecule has 1 unspecified atom stereocenters. The monoisotopic (exact) mass is 377 g/mol. The molecular weight excluding hydrogens is 358 g/mol. The van der Waals surface area contributed by atoms with E-state index in [9.17, 15) is 9.59 Å². The first-order chi connectivity index (χ1) is 9.40. The van der Waals surface area contributed by atoms with Gasteiger partial charge in [-0.25, -0.2) is 0 Å². The van der Waals surface area contributed by atoms with Crippen LogP contribution in [0.2, 0.25) is 0 Å². The Labute approximate surface area is 140 Å². The molecule has 0 aliphatic carbocycles. The SMILES string of the molecule is CC(Br)C(=O)Nc1cccc(C(=O)NCCN(C)C)c1.Cl. The van der Waals surface area contributed by atoms with Gasteiger partial charge < -0.3 is 15.5 Å². The number of nitrogens with one attached hydrogen (secondary N) is 2. The summed E-state index contributed by atoms with van der Waals surface area (Å²) in [6.07, 6.45) is 0. The first-order valence-corrected chi connectivity index (χ1v) is 7.29. The number of hydrogen-bond donors (Lipinski definition) is 2. The molecule has 21 heavy (non-hydrogen) atoms. The van der Waals surface area contributed by atoms with Crippen molar-refractivity contribution in [2.24, 2.45) is 0 Å². The zero-order chi connectivity index (χ0) is 15.1. The van der Waals surface area contributed by atoms with Crippen molar-refractivity contribution in [1.29, 1.82) is 0 Å². The number of carbonyl (C=O) groups is 2. The van der Waals surface area contributed by atoms with Crippen molar-refractivity contribution >= 4 is 45.8 Å². The molecule has 0 bridgehead atoms. The van der Waals surface area contributed by atoms with E-state index in [1.165, 1.54) is 0 Å². The molecule has 0 aliphatic heterocycles. The normalized spacial score (nSPS) is 11.5. The van der Waals surface area contributed by atoms with Gasteiger partial charge in [0.25, 0.3) is 5.91 Å². The molecule has 0 heterocycles. The summed E-state index contributed by atoms with van der Waals surface area (Å²) in [6, 6.07) is 6.88. The Morgan fingerprint density at radius 2 is 2.00 bits per heavy atom. The average Bonchev–Trinajstić information content (AvgIpc) is 2.38. The fourth-order valence-corrected chi connectivity index (χ4v) is 1.59. The maximum absolute atomic E-state index is 11.9. The molecule has 1 aromatic carbocycles. The van der Waals surface area contributed by atoms with Gasteiger partial charge in [0.05, 0.1) is 4.83 Å². The van der Waals surface area contributed by atoms with Crippen molar-refractivity contribution in [3.05, 3.63) is 29.8 Å². The van der Waals surface area contributed by atoms with Crippen LogP contribution in [0.1, 0.15) is 17.3 Å². The highest BCUT2D eigenvalue weighted by Crippen LogP contribution is 2.12. The lowest BCUT2D eigenvalue weighted by molar-refractivity contribution is -0.115. The molecule has 0 radical (unpaired) electrons. The van der Waals surface area contributed by atoms with Crippen LogP contribution in [-0.4, -0.2) is 48.7 Å². The topological polar surface area (TPSA) is 61.4 Å². The molecule has 0 saturated heterocycles. The number of halogens is 2. The highest BCUT2D eigenvalue weighted by molar-refractivity contribution is 9.10. The highest BCUT2D eigenvalue weighted by atomic mass is 79.9. The van der Waals surface area contributed by atoms with Crippen molar-refractivity contribution in [1.82, 2.24) is 10.2 Å². The van der Waals surface area contributed by atoms with Crippen molar-refractivity contribution in [3.8, 4) is 0 Å². The lowest BCUT2D eigenvalue weighted by atomic mass is 10.2. The average molecular weight is 379 g/mol. The Bertz CT molecular complexity index is 481. The maximum atomic E-state index is 11.9. The molecule has 2 N–H and O–H groups in total. The van der Waals surface area contributed by atoms with Gasteiger partial charge in [-0.1, -0.05) is 22.0 Å². The zero-order valence-electron chi connectivity index (χ0n) is 12.4. The van der Waals surface area contributed by atoms with E-state index in [0.717, 1.165) is 6.54 Å². The lowest BCUT2D eigenvalue weighted by Crippen LogP contribution is -2.31. The molecule has 1 atom stereocenters. The number of amides is 2. The minimum Gasteiger partial charge on any atom is -0.351 e. The Balaban J connectivity index is 0.00000400. The predicted molar refractivity (Wildman–Crippen MR) is 91.6 cm³/mol. The van der Waals surface area contributed by atoms with Gasteiger partial charge in [-0.05, 0) is 39.2 Å². The minimum atomic E-state index is -0.278. The third kappa shape index (κ3) is 7.45. The van der Waals surface area contributed by atoms with E-state index in [0.29, 0.717) is 17.8 Å². The molecule has 0 fully saturated rings. The Kier molecular flexibility index (Phi) is 9.24. The number of rotatable bonds is 6. The van der Waals surface area contributed by atoms with Crippen molar-refractivity contribution in [2.45, 2.75) is 11.8 Å². The van der Waals surface area contributed by atoms with Crippen LogP contribution in [0.4, 0.5) is 5.69 Å². The van der Waals surface area contributed by atoms with Crippen LogP contribution in [-0.2, 0) is 4.79 Å². The summed E-state index contributed by atoms with van der Waals surface area (Å²) in [5.74, 6) is -0.287. The molecular formula is C14H21BrClN3O2. The van der Waals surface area contributed by atoms with Gasteiger partial charge in [0.15, 0.2) is 0 Å². The zero-order valence-corrected chi connectivity index (χ0v) is 14.8. The first kappa shape index (κ1) is 19.9. The van der Waals surface area contributed by atoms with Crippen LogP contribution in [0.5, 0.6) is 0 Å². The number of carbonyl (C=O) groups excluding carboxylic acids is 2. The quantitative estimate of drug-likeness (QED) is 0.745. The summed E-state index contributed by atoms with van der Waals surface area (Å²) in [6.45, 7) is 3.11. The van der Waals surface area contributed by atoms with Crippen LogP contribution in [0, 0.1) is 0 Å². The number of anilines is 1. The van der Waals surface area contributed by atoms with Crippen molar-refractivity contribution in [2.75, 3.05) is 32.5 Å². The molecule has 2 amide bonds. The molecule has 0 saturated carbocycles. The van der Waals surface area contributed by atoms with E-state index in [1.54, 1.807) is 31.2 Å². The lowest BCUT2D eigenvalue weighted by Gasteiger charge is -2.11. The summed E-state index contributed by atoms with van der Waals surface area (Å²) in [5.41, 5.74) is 1.14. The Morgan fingerprint density at radius 3 is 2.57 bits per heavy atom. The molecule has 0 spiro atoms.